The fourth-order valence-corrected chi connectivity index (χ4v) is 4.52. The summed E-state index contributed by atoms with van der Waals surface area (Å²) in [6.45, 7) is 6.23. The summed E-state index contributed by atoms with van der Waals surface area (Å²) < 4.78 is 21.7. The van der Waals surface area contributed by atoms with Crippen molar-refractivity contribution >= 4 is 5.97 Å². The third kappa shape index (κ3) is 4.26. The van der Waals surface area contributed by atoms with Gasteiger partial charge in [0.15, 0.2) is 0 Å². The summed E-state index contributed by atoms with van der Waals surface area (Å²) in [5, 5.41) is 0. The molecular weight excluding hydrogens is 308 g/mol. The van der Waals surface area contributed by atoms with Crippen molar-refractivity contribution in [2.75, 3.05) is 39.6 Å². The summed E-state index contributed by atoms with van der Waals surface area (Å²) in [6, 6.07) is 0. The van der Waals surface area contributed by atoms with Crippen LogP contribution in [-0.4, -0.2) is 51.7 Å². The van der Waals surface area contributed by atoms with Gasteiger partial charge in [-0.1, -0.05) is 18.7 Å². The average Bonchev–Trinajstić information content (AvgIpc) is 3.28. The summed E-state index contributed by atoms with van der Waals surface area (Å²) in [5.41, 5.74) is 0. The number of hydrogen-bond donors (Lipinski definition) is 0. The third-order valence-corrected chi connectivity index (χ3v) is 5.52. The lowest BCUT2D eigenvalue weighted by molar-refractivity contribution is -0.139. The highest BCUT2D eigenvalue weighted by molar-refractivity contribution is 5.81. The Kier molecular flexibility index (Phi) is 6.46. The fraction of sp³-hybridized carbons (Fsp3) is 0.737. The van der Waals surface area contributed by atoms with Gasteiger partial charge in [0.1, 0.15) is 6.61 Å². The fourth-order valence-electron chi connectivity index (χ4n) is 4.52. The van der Waals surface area contributed by atoms with Crippen molar-refractivity contribution in [1.82, 2.24) is 0 Å². The molecule has 5 unspecified atom stereocenters. The molecule has 0 aliphatic heterocycles. The van der Waals surface area contributed by atoms with Crippen molar-refractivity contribution in [3.05, 3.63) is 24.8 Å². The highest BCUT2D eigenvalue weighted by Crippen LogP contribution is 2.57. The monoisotopic (exact) mass is 336 g/mol. The highest BCUT2D eigenvalue weighted by Gasteiger charge is 2.52. The maximum absolute atomic E-state index is 10.8. The van der Waals surface area contributed by atoms with Crippen LogP contribution in [0.4, 0.5) is 0 Å². The van der Waals surface area contributed by atoms with Crippen LogP contribution in [0.15, 0.2) is 24.8 Å². The van der Waals surface area contributed by atoms with E-state index in [4.69, 9.17) is 18.9 Å². The molecule has 0 aromatic heterocycles. The first kappa shape index (κ1) is 17.6. The molecule has 0 amide bonds. The van der Waals surface area contributed by atoms with E-state index in [0.29, 0.717) is 39.1 Å². The number of fused-ring (bicyclic) bond motifs is 5. The van der Waals surface area contributed by atoms with Crippen LogP contribution in [0.2, 0.25) is 0 Å². The van der Waals surface area contributed by atoms with Crippen LogP contribution in [0.1, 0.15) is 19.3 Å². The number of allylic oxidation sites excluding steroid dienone is 2. The molecule has 0 spiro atoms. The molecule has 0 aromatic rings. The minimum atomic E-state index is -0.424. The normalized spacial score (nSPS) is 32.9. The van der Waals surface area contributed by atoms with Crippen LogP contribution < -0.4 is 0 Å². The van der Waals surface area contributed by atoms with Crippen molar-refractivity contribution < 1.29 is 23.7 Å². The van der Waals surface area contributed by atoms with Gasteiger partial charge >= 0.3 is 5.97 Å². The molecule has 24 heavy (non-hydrogen) atoms. The predicted octanol–water partition coefficient (Wildman–Crippen LogP) is 2.37. The second-order valence-corrected chi connectivity index (χ2v) is 6.81. The maximum Gasteiger partial charge on any atom is 0.330 e. The lowest BCUT2D eigenvalue weighted by Crippen LogP contribution is -2.31. The van der Waals surface area contributed by atoms with Crippen LogP contribution in [0, 0.1) is 23.7 Å². The van der Waals surface area contributed by atoms with Crippen LogP contribution in [0.5, 0.6) is 0 Å². The van der Waals surface area contributed by atoms with E-state index in [1.54, 1.807) is 0 Å². The Labute approximate surface area is 144 Å². The van der Waals surface area contributed by atoms with Gasteiger partial charge < -0.3 is 18.9 Å². The van der Waals surface area contributed by atoms with E-state index < -0.39 is 5.97 Å². The molecule has 5 nitrogen and oxygen atoms in total. The lowest BCUT2D eigenvalue weighted by Gasteiger charge is -2.31. The van der Waals surface area contributed by atoms with Gasteiger partial charge in [0.05, 0.1) is 39.1 Å². The topological polar surface area (TPSA) is 54.0 Å². The Balaban J connectivity index is 1.16. The zero-order valence-corrected chi connectivity index (χ0v) is 14.2. The van der Waals surface area contributed by atoms with Crippen molar-refractivity contribution in [2.45, 2.75) is 25.4 Å². The molecule has 0 N–H and O–H groups in total. The Hall–Kier alpha value is -1.17. The van der Waals surface area contributed by atoms with E-state index in [1.807, 2.05) is 0 Å². The van der Waals surface area contributed by atoms with Crippen LogP contribution in [0.25, 0.3) is 0 Å². The smallest absolute Gasteiger partial charge is 0.330 e. The van der Waals surface area contributed by atoms with Gasteiger partial charge in [0, 0.05) is 6.08 Å². The quantitative estimate of drug-likeness (QED) is 0.251. The van der Waals surface area contributed by atoms with Crippen molar-refractivity contribution in [2.24, 2.45) is 23.7 Å². The number of ether oxygens (including phenoxy) is 4. The number of rotatable bonds is 11. The Bertz CT molecular complexity index is 461. The Morgan fingerprint density at radius 2 is 1.79 bits per heavy atom. The first-order valence-corrected chi connectivity index (χ1v) is 9.02. The predicted molar refractivity (Wildman–Crippen MR) is 89.5 cm³/mol. The molecule has 3 rings (SSSR count). The molecule has 134 valence electrons. The maximum atomic E-state index is 10.8. The highest BCUT2D eigenvalue weighted by atomic mass is 16.6. The van der Waals surface area contributed by atoms with Crippen molar-refractivity contribution in [3.8, 4) is 0 Å². The molecule has 2 bridgehead atoms. The van der Waals surface area contributed by atoms with E-state index in [0.717, 1.165) is 29.7 Å². The van der Waals surface area contributed by atoms with E-state index in [2.05, 4.69) is 18.7 Å². The standard InChI is InChI=1S/C19H28O5/c1-2-19(20)24-11-9-22-7-6-21-8-10-23-18-13-14-12-17(18)16-5-3-4-15(14)16/h2-3,5,14-18H,1,4,6-13H2. The molecule has 5 heteroatoms. The summed E-state index contributed by atoms with van der Waals surface area (Å²) in [5.74, 6) is 2.88. The molecule has 0 saturated heterocycles. The minimum absolute atomic E-state index is 0.245. The van der Waals surface area contributed by atoms with Gasteiger partial charge in [-0.3, -0.25) is 0 Å². The Morgan fingerprint density at radius 3 is 2.58 bits per heavy atom. The molecule has 3 aliphatic rings. The van der Waals surface area contributed by atoms with Gasteiger partial charge in [-0.25, -0.2) is 4.79 Å². The Morgan fingerprint density at radius 1 is 1.04 bits per heavy atom. The SMILES string of the molecule is C=CC(=O)OCCOCCOCCOC1CC2CC1C1C=CCC21. The zero-order valence-electron chi connectivity index (χ0n) is 14.2. The van der Waals surface area contributed by atoms with E-state index >= 15 is 0 Å². The molecule has 0 aromatic carbocycles. The molecule has 2 saturated carbocycles. The first-order valence-electron chi connectivity index (χ1n) is 9.02. The average molecular weight is 336 g/mol. The third-order valence-electron chi connectivity index (χ3n) is 5.52. The summed E-state index contributed by atoms with van der Waals surface area (Å²) >= 11 is 0. The van der Waals surface area contributed by atoms with E-state index in [1.165, 1.54) is 19.3 Å². The minimum Gasteiger partial charge on any atom is -0.460 e. The molecule has 0 heterocycles. The number of hydrogen-bond acceptors (Lipinski definition) is 5. The zero-order chi connectivity index (χ0) is 16.8. The first-order chi connectivity index (χ1) is 11.8. The van der Waals surface area contributed by atoms with Crippen molar-refractivity contribution in [1.29, 1.82) is 0 Å². The molecule has 2 fully saturated rings. The van der Waals surface area contributed by atoms with Gasteiger partial charge in [-0.15, -0.1) is 0 Å². The summed E-state index contributed by atoms with van der Waals surface area (Å²) in [7, 11) is 0. The summed E-state index contributed by atoms with van der Waals surface area (Å²) in [6.07, 6.45) is 10.2. The van der Waals surface area contributed by atoms with Gasteiger partial charge in [0.25, 0.3) is 0 Å². The van der Waals surface area contributed by atoms with Gasteiger partial charge in [-0.05, 0) is 42.9 Å². The van der Waals surface area contributed by atoms with Crippen LogP contribution in [-0.2, 0) is 23.7 Å². The second kappa shape index (κ2) is 8.79. The molecule has 5 atom stereocenters. The van der Waals surface area contributed by atoms with Crippen LogP contribution in [0.3, 0.4) is 0 Å². The van der Waals surface area contributed by atoms with Crippen LogP contribution >= 0.6 is 0 Å². The number of esters is 1. The molecule has 0 radical (unpaired) electrons. The van der Waals surface area contributed by atoms with E-state index in [9.17, 15) is 4.79 Å². The van der Waals surface area contributed by atoms with Crippen molar-refractivity contribution in [3.63, 3.8) is 0 Å². The van der Waals surface area contributed by atoms with E-state index in [-0.39, 0.29) is 6.61 Å². The van der Waals surface area contributed by atoms with Gasteiger partial charge in [0.2, 0.25) is 0 Å². The molecule has 3 aliphatic carbocycles. The number of carbonyl (C=O) groups is 1. The number of carbonyl (C=O) groups excluding carboxylic acids is 1. The lowest BCUT2D eigenvalue weighted by atomic mass is 9.80. The van der Waals surface area contributed by atoms with Gasteiger partial charge in [-0.2, -0.15) is 0 Å². The molecular formula is C19H28O5. The summed E-state index contributed by atoms with van der Waals surface area (Å²) in [4.78, 5) is 10.8. The largest absolute Gasteiger partial charge is 0.460 e. The second-order valence-electron chi connectivity index (χ2n) is 6.81.